The Kier molecular flexibility index (Phi) is 4.85. The average molecular weight is 171 g/mol. The molecule has 3 N–H and O–H groups in total. The molecule has 1 amide bonds. The summed E-state index contributed by atoms with van der Waals surface area (Å²) in [6.45, 7) is 0.807. The lowest BCUT2D eigenvalue weighted by atomic mass is 10.6. The van der Waals surface area contributed by atoms with E-state index in [4.69, 9.17) is 28.9 Å². The maximum atomic E-state index is 10.5. The summed E-state index contributed by atoms with van der Waals surface area (Å²) in [5, 5.41) is 2.40. The fourth-order valence-corrected chi connectivity index (χ4v) is 0.427. The zero-order chi connectivity index (χ0) is 7.28. The standard InChI is InChI=1S/C4H8Cl2N2O/c5-3(6)4(9)8-2-1-7/h3H,1-2,7H2,(H,8,9). The Morgan fingerprint density at radius 1 is 1.67 bits per heavy atom. The van der Waals surface area contributed by atoms with E-state index in [0.717, 1.165) is 0 Å². The number of rotatable bonds is 3. The molecule has 5 heteroatoms. The second kappa shape index (κ2) is 4.85. The highest BCUT2D eigenvalue weighted by Gasteiger charge is 2.08. The van der Waals surface area contributed by atoms with Gasteiger partial charge in [0.15, 0.2) is 4.84 Å². The van der Waals surface area contributed by atoms with Crippen LogP contribution in [-0.2, 0) is 4.79 Å². The van der Waals surface area contributed by atoms with Crippen LogP contribution in [-0.4, -0.2) is 23.8 Å². The maximum Gasteiger partial charge on any atom is 0.253 e. The number of carbonyl (C=O) groups is 1. The van der Waals surface area contributed by atoms with Gasteiger partial charge >= 0.3 is 0 Å². The number of nitrogens with one attached hydrogen (secondary N) is 1. The number of hydrogen-bond acceptors (Lipinski definition) is 2. The Bertz CT molecular complexity index is 96.6. The van der Waals surface area contributed by atoms with Crippen LogP contribution >= 0.6 is 23.2 Å². The molecule has 0 heterocycles. The minimum Gasteiger partial charge on any atom is -0.352 e. The number of hydrogen-bond donors (Lipinski definition) is 2. The molecular formula is C4H8Cl2N2O. The Morgan fingerprint density at radius 2 is 2.22 bits per heavy atom. The van der Waals surface area contributed by atoms with Crippen molar-refractivity contribution in [2.75, 3.05) is 13.1 Å². The smallest absolute Gasteiger partial charge is 0.253 e. The summed E-state index contributed by atoms with van der Waals surface area (Å²) in [6, 6.07) is 0. The molecule has 3 nitrogen and oxygen atoms in total. The lowest BCUT2D eigenvalue weighted by Gasteiger charge is -2.01. The monoisotopic (exact) mass is 170 g/mol. The molecule has 0 atom stereocenters. The SMILES string of the molecule is NCCNC(=O)C(Cl)Cl. The van der Waals surface area contributed by atoms with Crippen molar-refractivity contribution in [1.82, 2.24) is 5.32 Å². The van der Waals surface area contributed by atoms with Crippen molar-refractivity contribution in [2.24, 2.45) is 5.73 Å². The number of halogens is 2. The van der Waals surface area contributed by atoms with Gasteiger partial charge in [-0.2, -0.15) is 0 Å². The van der Waals surface area contributed by atoms with Crippen LogP contribution in [0.2, 0.25) is 0 Å². The van der Waals surface area contributed by atoms with E-state index in [1.165, 1.54) is 0 Å². The molecule has 0 aromatic rings. The van der Waals surface area contributed by atoms with Crippen LogP contribution in [0.3, 0.4) is 0 Å². The van der Waals surface area contributed by atoms with Gasteiger partial charge in [0.1, 0.15) is 0 Å². The molecule has 54 valence electrons. The molecule has 0 aliphatic carbocycles. The molecule has 0 saturated heterocycles. The van der Waals surface area contributed by atoms with Crippen LogP contribution in [0.4, 0.5) is 0 Å². The van der Waals surface area contributed by atoms with Gasteiger partial charge in [0, 0.05) is 13.1 Å². The van der Waals surface area contributed by atoms with Gasteiger partial charge in [-0.3, -0.25) is 4.79 Å². The van der Waals surface area contributed by atoms with Crippen LogP contribution in [0.1, 0.15) is 0 Å². The second-order valence-electron chi connectivity index (χ2n) is 1.38. The van der Waals surface area contributed by atoms with Gasteiger partial charge in [-0.05, 0) is 0 Å². The van der Waals surface area contributed by atoms with Crippen LogP contribution < -0.4 is 11.1 Å². The van der Waals surface area contributed by atoms with E-state index >= 15 is 0 Å². The van der Waals surface area contributed by atoms with Crippen molar-refractivity contribution in [3.63, 3.8) is 0 Å². The molecule has 0 rings (SSSR count). The number of amides is 1. The van der Waals surface area contributed by atoms with Gasteiger partial charge in [-0.15, -0.1) is 0 Å². The normalized spacial score (nSPS) is 9.78. The first-order valence-electron chi connectivity index (χ1n) is 2.44. The van der Waals surface area contributed by atoms with Gasteiger partial charge in [0.05, 0.1) is 0 Å². The largest absolute Gasteiger partial charge is 0.352 e. The summed E-state index contributed by atoms with van der Waals surface area (Å²) in [5.74, 6) is -0.399. The molecule has 0 aromatic heterocycles. The zero-order valence-corrected chi connectivity index (χ0v) is 6.24. The van der Waals surface area contributed by atoms with Crippen molar-refractivity contribution in [1.29, 1.82) is 0 Å². The summed E-state index contributed by atoms with van der Waals surface area (Å²) in [7, 11) is 0. The van der Waals surface area contributed by atoms with E-state index in [1.54, 1.807) is 0 Å². The molecule has 0 aromatic carbocycles. The zero-order valence-electron chi connectivity index (χ0n) is 4.73. The Balaban J connectivity index is 3.28. The Morgan fingerprint density at radius 3 is 2.56 bits per heavy atom. The third kappa shape index (κ3) is 4.51. The third-order valence-electron chi connectivity index (χ3n) is 0.642. The Hall–Kier alpha value is 0.01000. The number of nitrogens with two attached hydrogens (primary N) is 1. The minimum atomic E-state index is -0.989. The molecule has 0 bridgehead atoms. The highest BCUT2D eigenvalue weighted by Crippen LogP contribution is 1.99. The first kappa shape index (κ1) is 9.01. The van der Waals surface area contributed by atoms with Crippen molar-refractivity contribution in [2.45, 2.75) is 4.84 Å². The highest BCUT2D eigenvalue weighted by molar-refractivity contribution is 6.53. The van der Waals surface area contributed by atoms with E-state index in [-0.39, 0.29) is 0 Å². The summed E-state index contributed by atoms with van der Waals surface area (Å²) in [4.78, 5) is 9.48. The minimum absolute atomic E-state index is 0.395. The first-order valence-corrected chi connectivity index (χ1v) is 3.31. The van der Waals surface area contributed by atoms with E-state index in [2.05, 4.69) is 5.32 Å². The highest BCUT2D eigenvalue weighted by atomic mass is 35.5. The van der Waals surface area contributed by atoms with E-state index in [1.807, 2.05) is 0 Å². The average Bonchev–Trinajstić information content (AvgIpc) is 1.82. The van der Waals surface area contributed by atoms with E-state index in [9.17, 15) is 4.79 Å². The van der Waals surface area contributed by atoms with Gasteiger partial charge < -0.3 is 11.1 Å². The van der Waals surface area contributed by atoms with E-state index in [0.29, 0.717) is 13.1 Å². The van der Waals surface area contributed by atoms with Gasteiger partial charge in [0.2, 0.25) is 0 Å². The van der Waals surface area contributed by atoms with Crippen molar-refractivity contribution >= 4 is 29.1 Å². The third-order valence-corrected chi connectivity index (χ3v) is 1.04. The lowest BCUT2D eigenvalue weighted by molar-refractivity contribution is -0.119. The summed E-state index contributed by atoms with van der Waals surface area (Å²) >= 11 is 10.4. The first-order chi connectivity index (χ1) is 4.18. The van der Waals surface area contributed by atoms with Crippen LogP contribution in [0.25, 0.3) is 0 Å². The molecule has 0 spiro atoms. The van der Waals surface area contributed by atoms with Crippen LogP contribution in [0.15, 0.2) is 0 Å². The fraction of sp³-hybridized carbons (Fsp3) is 0.750. The fourth-order valence-electron chi connectivity index (χ4n) is 0.273. The van der Waals surface area contributed by atoms with E-state index < -0.39 is 10.7 Å². The molecule has 0 aliphatic rings. The molecule has 0 saturated carbocycles. The number of alkyl halides is 2. The summed E-state index contributed by atoms with van der Waals surface area (Å²) in [6.07, 6.45) is 0. The summed E-state index contributed by atoms with van der Waals surface area (Å²) < 4.78 is 0. The quantitative estimate of drug-likeness (QED) is 0.581. The predicted octanol–water partition coefficient (Wildman–Crippen LogP) is -0.135. The topological polar surface area (TPSA) is 55.1 Å². The summed E-state index contributed by atoms with van der Waals surface area (Å²) in [5.41, 5.74) is 5.08. The molecule has 9 heavy (non-hydrogen) atoms. The molecular weight excluding hydrogens is 163 g/mol. The molecule has 0 fully saturated rings. The maximum absolute atomic E-state index is 10.5. The van der Waals surface area contributed by atoms with Crippen molar-refractivity contribution in [3.8, 4) is 0 Å². The van der Waals surface area contributed by atoms with Crippen molar-refractivity contribution in [3.05, 3.63) is 0 Å². The molecule has 0 aliphatic heterocycles. The molecule has 0 unspecified atom stereocenters. The number of carbonyl (C=O) groups excluding carboxylic acids is 1. The van der Waals surface area contributed by atoms with Gasteiger partial charge in [-0.25, -0.2) is 0 Å². The van der Waals surface area contributed by atoms with Gasteiger partial charge in [-0.1, -0.05) is 23.2 Å². The van der Waals surface area contributed by atoms with Crippen LogP contribution in [0, 0.1) is 0 Å². The second-order valence-corrected chi connectivity index (χ2v) is 2.48. The van der Waals surface area contributed by atoms with Crippen molar-refractivity contribution < 1.29 is 4.79 Å². The van der Waals surface area contributed by atoms with Crippen LogP contribution in [0.5, 0.6) is 0 Å². The molecule has 0 radical (unpaired) electrons. The van der Waals surface area contributed by atoms with Gasteiger partial charge in [0.25, 0.3) is 5.91 Å². The predicted molar refractivity (Wildman–Crippen MR) is 37.6 cm³/mol. The Labute approximate surface area is 63.5 Å². The lowest BCUT2D eigenvalue weighted by Crippen LogP contribution is -2.32.